The average Bonchev–Trinajstić information content (AvgIpc) is 2.46. The van der Waals surface area contributed by atoms with Gasteiger partial charge in [-0.05, 0) is 24.1 Å². The molecule has 0 unspecified atom stereocenters. The maximum absolute atomic E-state index is 11.6. The molecule has 112 valence electrons. The Morgan fingerprint density at radius 3 is 2.80 bits per heavy atom. The molecule has 0 bridgehead atoms. The standard InChI is InChI=1S/C15H23ClN2O2/c1-2-3-4-5-8-17-15(20)10-18-14-9-12(11-19)6-7-13(14)16/h6-7,9,18-19H,2-5,8,10-11H2,1H3,(H,17,20). The number of unbranched alkanes of at least 4 members (excludes halogenated alkanes) is 3. The van der Waals surface area contributed by atoms with E-state index in [4.69, 9.17) is 16.7 Å². The molecule has 0 aliphatic rings. The van der Waals surface area contributed by atoms with Crippen LogP contribution in [0.2, 0.25) is 5.02 Å². The first-order chi connectivity index (χ1) is 9.67. The van der Waals surface area contributed by atoms with Crippen molar-refractivity contribution >= 4 is 23.2 Å². The van der Waals surface area contributed by atoms with Gasteiger partial charge in [-0.15, -0.1) is 0 Å². The Balaban J connectivity index is 2.30. The number of nitrogens with one attached hydrogen (secondary N) is 2. The summed E-state index contributed by atoms with van der Waals surface area (Å²) < 4.78 is 0. The second-order valence-electron chi connectivity index (χ2n) is 4.74. The SMILES string of the molecule is CCCCCCNC(=O)CNc1cc(CO)ccc1Cl. The van der Waals surface area contributed by atoms with Crippen LogP contribution in [0.1, 0.15) is 38.2 Å². The minimum Gasteiger partial charge on any atom is -0.392 e. The van der Waals surface area contributed by atoms with Crippen LogP contribution in [0.15, 0.2) is 18.2 Å². The Kier molecular flexibility index (Phi) is 8.07. The molecule has 0 aliphatic carbocycles. The summed E-state index contributed by atoms with van der Waals surface area (Å²) in [5, 5.41) is 15.5. The third-order valence-corrected chi connectivity index (χ3v) is 3.33. The largest absolute Gasteiger partial charge is 0.392 e. The molecule has 0 aliphatic heterocycles. The molecule has 20 heavy (non-hydrogen) atoms. The van der Waals surface area contributed by atoms with E-state index in [9.17, 15) is 4.79 Å². The van der Waals surface area contributed by atoms with Crippen LogP contribution in [0.4, 0.5) is 5.69 Å². The Labute approximate surface area is 125 Å². The normalized spacial score (nSPS) is 10.3. The van der Waals surface area contributed by atoms with Gasteiger partial charge in [-0.2, -0.15) is 0 Å². The van der Waals surface area contributed by atoms with Gasteiger partial charge in [0.15, 0.2) is 0 Å². The number of benzene rings is 1. The van der Waals surface area contributed by atoms with Crippen LogP contribution in [0.3, 0.4) is 0 Å². The van der Waals surface area contributed by atoms with Crippen molar-refractivity contribution in [2.45, 2.75) is 39.2 Å². The van der Waals surface area contributed by atoms with E-state index in [0.717, 1.165) is 18.4 Å². The highest BCUT2D eigenvalue weighted by Gasteiger charge is 2.04. The van der Waals surface area contributed by atoms with Crippen molar-refractivity contribution in [3.8, 4) is 0 Å². The topological polar surface area (TPSA) is 61.4 Å². The van der Waals surface area contributed by atoms with Gasteiger partial charge in [-0.3, -0.25) is 4.79 Å². The molecule has 0 aromatic heterocycles. The number of carbonyl (C=O) groups excluding carboxylic acids is 1. The molecule has 0 saturated carbocycles. The highest BCUT2D eigenvalue weighted by atomic mass is 35.5. The van der Waals surface area contributed by atoms with Crippen LogP contribution < -0.4 is 10.6 Å². The van der Waals surface area contributed by atoms with Crippen molar-refractivity contribution < 1.29 is 9.90 Å². The van der Waals surface area contributed by atoms with Crippen LogP contribution >= 0.6 is 11.6 Å². The Hall–Kier alpha value is -1.26. The number of hydrogen-bond donors (Lipinski definition) is 3. The van der Waals surface area contributed by atoms with E-state index < -0.39 is 0 Å². The molecular weight excluding hydrogens is 276 g/mol. The average molecular weight is 299 g/mol. The van der Waals surface area contributed by atoms with Gasteiger partial charge >= 0.3 is 0 Å². The van der Waals surface area contributed by atoms with Crippen molar-refractivity contribution in [1.29, 1.82) is 0 Å². The Bertz CT molecular complexity index is 424. The van der Waals surface area contributed by atoms with Crippen LogP contribution in [0, 0.1) is 0 Å². The van der Waals surface area contributed by atoms with Gasteiger partial charge in [0.2, 0.25) is 5.91 Å². The molecule has 0 radical (unpaired) electrons. The minimum atomic E-state index is -0.0491. The van der Waals surface area contributed by atoms with E-state index in [1.54, 1.807) is 18.2 Å². The second kappa shape index (κ2) is 9.61. The summed E-state index contributed by atoms with van der Waals surface area (Å²) in [6, 6.07) is 5.20. The summed E-state index contributed by atoms with van der Waals surface area (Å²) in [5.74, 6) is -0.0491. The lowest BCUT2D eigenvalue weighted by Gasteiger charge is -2.10. The lowest BCUT2D eigenvalue weighted by molar-refractivity contribution is -0.119. The fourth-order valence-corrected chi connectivity index (χ4v) is 2.01. The monoisotopic (exact) mass is 298 g/mol. The maximum atomic E-state index is 11.6. The first kappa shape index (κ1) is 16.8. The number of carbonyl (C=O) groups is 1. The molecule has 1 aromatic rings. The quantitative estimate of drug-likeness (QED) is 0.614. The lowest BCUT2D eigenvalue weighted by Crippen LogP contribution is -2.30. The van der Waals surface area contributed by atoms with Crippen molar-refractivity contribution in [2.24, 2.45) is 0 Å². The summed E-state index contributed by atoms with van der Waals surface area (Å²) in [4.78, 5) is 11.6. The van der Waals surface area contributed by atoms with Crippen molar-refractivity contribution in [1.82, 2.24) is 5.32 Å². The number of aliphatic hydroxyl groups is 1. The van der Waals surface area contributed by atoms with Crippen molar-refractivity contribution in [2.75, 3.05) is 18.4 Å². The van der Waals surface area contributed by atoms with Gasteiger partial charge < -0.3 is 15.7 Å². The highest BCUT2D eigenvalue weighted by molar-refractivity contribution is 6.33. The fourth-order valence-electron chi connectivity index (χ4n) is 1.82. The van der Waals surface area contributed by atoms with Crippen LogP contribution in [0.5, 0.6) is 0 Å². The molecule has 5 heteroatoms. The Morgan fingerprint density at radius 1 is 1.30 bits per heavy atom. The molecule has 0 heterocycles. The summed E-state index contributed by atoms with van der Waals surface area (Å²) in [5.41, 5.74) is 1.43. The Morgan fingerprint density at radius 2 is 2.10 bits per heavy atom. The fraction of sp³-hybridized carbons (Fsp3) is 0.533. The lowest BCUT2D eigenvalue weighted by atomic mass is 10.2. The van der Waals surface area contributed by atoms with E-state index >= 15 is 0 Å². The van der Waals surface area contributed by atoms with Gasteiger partial charge in [0.05, 0.1) is 23.9 Å². The van der Waals surface area contributed by atoms with Gasteiger partial charge in [-0.25, -0.2) is 0 Å². The zero-order valence-electron chi connectivity index (χ0n) is 11.9. The molecule has 0 atom stereocenters. The summed E-state index contributed by atoms with van der Waals surface area (Å²) in [7, 11) is 0. The number of anilines is 1. The molecule has 0 fully saturated rings. The third kappa shape index (κ3) is 6.26. The molecule has 3 N–H and O–H groups in total. The summed E-state index contributed by atoms with van der Waals surface area (Å²) in [6.45, 7) is 3.01. The number of rotatable bonds is 9. The number of halogens is 1. The molecule has 4 nitrogen and oxygen atoms in total. The van der Waals surface area contributed by atoms with Gasteiger partial charge in [0.25, 0.3) is 0 Å². The van der Waals surface area contributed by atoms with Crippen molar-refractivity contribution in [3.63, 3.8) is 0 Å². The van der Waals surface area contributed by atoms with Crippen molar-refractivity contribution in [3.05, 3.63) is 28.8 Å². The molecule has 1 aromatic carbocycles. The predicted octanol–water partition coefficient (Wildman–Crippen LogP) is 2.94. The third-order valence-electron chi connectivity index (χ3n) is 3.01. The van der Waals surface area contributed by atoms with Gasteiger partial charge in [0.1, 0.15) is 0 Å². The number of aliphatic hydroxyl groups excluding tert-OH is 1. The van der Waals surface area contributed by atoms with Crippen LogP contribution in [-0.4, -0.2) is 24.1 Å². The molecule has 0 saturated heterocycles. The molecule has 0 spiro atoms. The summed E-state index contributed by atoms with van der Waals surface area (Å²) >= 11 is 6.02. The van der Waals surface area contributed by atoms with E-state index in [1.807, 2.05) is 0 Å². The number of hydrogen-bond acceptors (Lipinski definition) is 3. The summed E-state index contributed by atoms with van der Waals surface area (Å²) in [6.07, 6.45) is 4.56. The zero-order valence-corrected chi connectivity index (χ0v) is 12.7. The van der Waals surface area contributed by atoms with E-state index in [1.165, 1.54) is 12.8 Å². The predicted molar refractivity (Wildman–Crippen MR) is 83.0 cm³/mol. The van der Waals surface area contributed by atoms with E-state index in [0.29, 0.717) is 17.3 Å². The van der Waals surface area contributed by atoms with Gasteiger partial charge in [-0.1, -0.05) is 43.9 Å². The molecule has 1 rings (SSSR count). The zero-order chi connectivity index (χ0) is 14.8. The number of amides is 1. The van der Waals surface area contributed by atoms with Crippen LogP contribution in [0.25, 0.3) is 0 Å². The first-order valence-electron chi connectivity index (χ1n) is 7.07. The highest BCUT2D eigenvalue weighted by Crippen LogP contribution is 2.22. The molecule has 1 amide bonds. The van der Waals surface area contributed by atoms with E-state index in [2.05, 4.69) is 17.6 Å². The van der Waals surface area contributed by atoms with E-state index in [-0.39, 0.29) is 19.1 Å². The molecular formula is C15H23ClN2O2. The first-order valence-corrected chi connectivity index (χ1v) is 7.45. The van der Waals surface area contributed by atoms with Crippen LogP contribution in [-0.2, 0) is 11.4 Å². The second-order valence-corrected chi connectivity index (χ2v) is 5.14. The smallest absolute Gasteiger partial charge is 0.239 e. The maximum Gasteiger partial charge on any atom is 0.239 e. The van der Waals surface area contributed by atoms with Gasteiger partial charge in [0, 0.05) is 6.54 Å². The minimum absolute atomic E-state index is 0.0462.